The van der Waals surface area contributed by atoms with E-state index in [1.165, 1.54) is 39.5 Å². The standard InChI is InChI=1S/C19H20FNO4/c1-23-16-10-13(11-17(24-2)19(16)25-3)12-21-18(22)9-8-14-6-4-5-7-15(14)20/h4-11H,12H2,1-3H3,(H,21,22)/b9-8+. The summed E-state index contributed by atoms with van der Waals surface area (Å²) in [4.78, 5) is 11.9. The summed E-state index contributed by atoms with van der Waals surface area (Å²) in [5.41, 5.74) is 1.13. The van der Waals surface area contributed by atoms with Crippen molar-refractivity contribution in [3.05, 3.63) is 59.4 Å². The molecule has 0 bridgehead atoms. The molecule has 0 atom stereocenters. The van der Waals surface area contributed by atoms with E-state index in [0.29, 0.717) is 22.8 Å². The highest BCUT2D eigenvalue weighted by Gasteiger charge is 2.13. The zero-order valence-electron chi connectivity index (χ0n) is 14.3. The molecule has 25 heavy (non-hydrogen) atoms. The van der Waals surface area contributed by atoms with Gasteiger partial charge in [0, 0.05) is 18.2 Å². The van der Waals surface area contributed by atoms with Crippen LogP contribution in [0, 0.1) is 5.82 Å². The molecule has 0 aromatic heterocycles. The van der Waals surface area contributed by atoms with Gasteiger partial charge in [0.2, 0.25) is 11.7 Å². The number of benzene rings is 2. The summed E-state index contributed by atoms with van der Waals surface area (Å²) in [5, 5.41) is 2.73. The number of hydrogen-bond donors (Lipinski definition) is 1. The minimum atomic E-state index is -0.379. The van der Waals surface area contributed by atoms with Crippen LogP contribution in [0.4, 0.5) is 4.39 Å². The van der Waals surface area contributed by atoms with Gasteiger partial charge in [-0.25, -0.2) is 4.39 Å². The molecule has 0 radical (unpaired) electrons. The van der Waals surface area contributed by atoms with Gasteiger partial charge in [-0.05, 0) is 29.8 Å². The van der Waals surface area contributed by atoms with Crippen molar-refractivity contribution in [2.24, 2.45) is 0 Å². The maximum absolute atomic E-state index is 13.5. The quantitative estimate of drug-likeness (QED) is 0.783. The third-order valence-corrected chi connectivity index (χ3v) is 3.51. The Morgan fingerprint density at radius 1 is 1.08 bits per heavy atom. The fraction of sp³-hybridized carbons (Fsp3) is 0.211. The van der Waals surface area contributed by atoms with Crippen LogP contribution in [0.5, 0.6) is 17.2 Å². The van der Waals surface area contributed by atoms with Crippen molar-refractivity contribution in [3.63, 3.8) is 0 Å². The van der Waals surface area contributed by atoms with Crippen LogP contribution < -0.4 is 19.5 Å². The van der Waals surface area contributed by atoms with Gasteiger partial charge in [0.15, 0.2) is 11.5 Å². The lowest BCUT2D eigenvalue weighted by Crippen LogP contribution is -2.20. The summed E-state index contributed by atoms with van der Waals surface area (Å²) in [5.74, 6) is 0.786. The average molecular weight is 345 g/mol. The number of methoxy groups -OCH3 is 3. The number of hydrogen-bond acceptors (Lipinski definition) is 4. The van der Waals surface area contributed by atoms with Crippen LogP contribution in [0.25, 0.3) is 6.08 Å². The Balaban J connectivity index is 2.05. The van der Waals surface area contributed by atoms with E-state index in [1.54, 1.807) is 30.3 Å². The summed E-state index contributed by atoms with van der Waals surface area (Å²) in [6.45, 7) is 0.261. The molecule has 0 aliphatic heterocycles. The molecule has 0 spiro atoms. The number of ether oxygens (including phenoxy) is 3. The molecule has 0 aliphatic carbocycles. The third kappa shape index (κ3) is 4.73. The van der Waals surface area contributed by atoms with E-state index >= 15 is 0 Å². The molecule has 6 heteroatoms. The lowest BCUT2D eigenvalue weighted by Gasteiger charge is -2.14. The highest BCUT2D eigenvalue weighted by molar-refractivity contribution is 5.91. The number of carbonyl (C=O) groups excluding carboxylic acids is 1. The first-order valence-electron chi connectivity index (χ1n) is 7.58. The van der Waals surface area contributed by atoms with Gasteiger partial charge in [-0.2, -0.15) is 0 Å². The van der Waals surface area contributed by atoms with Crippen molar-refractivity contribution in [2.45, 2.75) is 6.54 Å². The molecule has 1 amide bonds. The van der Waals surface area contributed by atoms with Crippen LogP contribution in [0.2, 0.25) is 0 Å². The SMILES string of the molecule is COc1cc(CNC(=O)/C=C/c2ccccc2F)cc(OC)c1OC. The third-order valence-electron chi connectivity index (χ3n) is 3.51. The molecule has 0 heterocycles. The van der Waals surface area contributed by atoms with E-state index in [4.69, 9.17) is 14.2 Å². The predicted octanol–water partition coefficient (Wildman–Crippen LogP) is 3.18. The zero-order chi connectivity index (χ0) is 18.2. The van der Waals surface area contributed by atoms with Crippen molar-refractivity contribution >= 4 is 12.0 Å². The Bertz CT molecular complexity index is 749. The number of amides is 1. The first-order chi connectivity index (χ1) is 12.1. The molecule has 1 N–H and O–H groups in total. The van der Waals surface area contributed by atoms with Crippen LogP contribution in [0.3, 0.4) is 0 Å². The zero-order valence-corrected chi connectivity index (χ0v) is 14.3. The number of rotatable bonds is 7. The van der Waals surface area contributed by atoms with E-state index < -0.39 is 0 Å². The molecule has 0 saturated heterocycles. The largest absolute Gasteiger partial charge is 0.493 e. The number of nitrogens with one attached hydrogen (secondary N) is 1. The van der Waals surface area contributed by atoms with Crippen LogP contribution in [0.15, 0.2) is 42.5 Å². The molecule has 0 unspecified atom stereocenters. The van der Waals surface area contributed by atoms with Crippen LogP contribution in [0.1, 0.15) is 11.1 Å². The van der Waals surface area contributed by atoms with Crippen molar-refractivity contribution in [2.75, 3.05) is 21.3 Å². The summed E-state index contributed by atoms with van der Waals surface area (Å²) < 4.78 is 29.3. The lowest BCUT2D eigenvalue weighted by atomic mass is 10.1. The summed E-state index contributed by atoms with van der Waals surface area (Å²) in [7, 11) is 4.57. The van der Waals surface area contributed by atoms with Crippen LogP contribution >= 0.6 is 0 Å². The molecular formula is C19H20FNO4. The Kier molecular flexibility index (Phi) is 6.39. The molecule has 0 fully saturated rings. The second kappa shape index (κ2) is 8.73. The van der Waals surface area contributed by atoms with E-state index in [0.717, 1.165) is 5.56 Å². The predicted molar refractivity (Wildman–Crippen MR) is 93.4 cm³/mol. The summed E-state index contributed by atoms with van der Waals surface area (Å²) in [6.07, 6.45) is 2.72. The van der Waals surface area contributed by atoms with Gasteiger partial charge in [-0.15, -0.1) is 0 Å². The van der Waals surface area contributed by atoms with E-state index in [2.05, 4.69) is 5.32 Å². The van der Waals surface area contributed by atoms with Crippen molar-refractivity contribution in [1.82, 2.24) is 5.32 Å². The second-order valence-electron chi connectivity index (χ2n) is 5.11. The van der Waals surface area contributed by atoms with Crippen LogP contribution in [-0.2, 0) is 11.3 Å². The lowest BCUT2D eigenvalue weighted by molar-refractivity contribution is -0.116. The topological polar surface area (TPSA) is 56.8 Å². The van der Waals surface area contributed by atoms with Gasteiger partial charge in [0.05, 0.1) is 21.3 Å². The molecule has 2 rings (SSSR count). The Morgan fingerprint density at radius 3 is 2.28 bits per heavy atom. The summed E-state index contributed by atoms with van der Waals surface area (Å²) in [6, 6.07) is 9.74. The van der Waals surface area contributed by atoms with E-state index in [1.807, 2.05) is 0 Å². The summed E-state index contributed by atoms with van der Waals surface area (Å²) >= 11 is 0. The molecule has 0 aliphatic rings. The molecule has 2 aromatic carbocycles. The van der Waals surface area contributed by atoms with Gasteiger partial charge in [0.1, 0.15) is 5.82 Å². The van der Waals surface area contributed by atoms with E-state index in [9.17, 15) is 9.18 Å². The highest BCUT2D eigenvalue weighted by Crippen LogP contribution is 2.38. The van der Waals surface area contributed by atoms with Gasteiger partial charge < -0.3 is 19.5 Å². The Labute approximate surface area is 146 Å². The van der Waals surface area contributed by atoms with Crippen molar-refractivity contribution < 1.29 is 23.4 Å². The maximum Gasteiger partial charge on any atom is 0.244 e. The number of halogens is 1. The Hall–Kier alpha value is -3.02. The van der Waals surface area contributed by atoms with Gasteiger partial charge in [-0.1, -0.05) is 18.2 Å². The van der Waals surface area contributed by atoms with Gasteiger partial charge in [-0.3, -0.25) is 4.79 Å². The average Bonchev–Trinajstić information content (AvgIpc) is 2.64. The van der Waals surface area contributed by atoms with Gasteiger partial charge >= 0.3 is 0 Å². The molecule has 2 aromatic rings. The normalized spacial score (nSPS) is 10.6. The minimum absolute atomic E-state index is 0.261. The fourth-order valence-electron chi connectivity index (χ4n) is 2.26. The van der Waals surface area contributed by atoms with Gasteiger partial charge in [0.25, 0.3) is 0 Å². The van der Waals surface area contributed by atoms with Crippen LogP contribution in [-0.4, -0.2) is 27.2 Å². The van der Waals surface area contributed by atoms with E-state index in [-0.39, 0.29) is 18.3 Å². The van der Waals surface area contributed by atoms with Crippen molar-refractivity contribution in [3.8, 4) is 17.2 Å². The molecule has 132 valence electrons. The molecule has 5 nitrogen and oxygen atoms in total. The monoisotopic (exact) mass is 345 g/mol. The molecular weight excluding hydrogens is 325 g/mol. The first-order valence-corrected chi connectivity index (χ1v) is 7.58. The fourth-order valence-corrected chi connectivity index (χ4v) is 2.26. The number of carbonyl (C=O) groups is 1. The smallest absolute Gasteiger partial charge is 0.244 e. The minimum Gasteiger partial charge on any atom is -0.493 e. The maximum atomic E-state index is 13.5. The first kappa shape index (κ1) is 18.3. The highest BCUT2D eigenvalue weighted by atomic mass is 19.1. The molecule has 0 saturated carbocycles. The van der Waals surface area contributed by atoms with Crippen molar-refractivity contribution in [1.29, 1.82) is 0 Å². The second-order valence-corrected chi connectivity index (χ2v) is 5.11. The Morgan fingerprint density at radius 2 is 1.72 bits per heavy atom.